The summed E-state index contributed by atoms with van der Waals surface area (Å²) in [5.41, 5.74) is 4.96. The summed E-state index contributed by atoms with van der Waals surface area (Å²) in [5, 5.41) is 6.73. The number of nitrogens with one attached hydrogen (secondary N) is 2. The Hall–Kier alpha value is -2.73. The monoisotopic (exact) mass is 687 g/mol. The highest BCUT2D eigenvalue weighted by Crippen LogP contribution is 2.43. The highest BCUT2D eigenvalue weighted by molar-refractivity contribution is 9.10. The highest BCUT2D eigenvalue weighted by atomic mass is 79.9. The Morgan fingerprint density at radius 3 is 2.30 bits per heavy atom. The van der Waals surface area contributed by atoms with Gasteiger partial charge in [-0.25, -0.2) is 4.98 Å². The topological polar surface area (TPSA) is 96.5 Å². The lowest BCUT2D eigenvalue weighted by atomic mass is 10.0. The Morgan fingerprint density at radius 2 is 1.61 bits per heavy atom. The number of aromatic nitrogens is 2. The van der Waals surface area contributed by atoms with Crippen molar-refractivity contribution >= 4 is 53.4 Å². The van der Waals surface area contributed by atoms with Crippen molar-refractivity contribution in [3.63, 3.8) is 0 Å². The van der Waals surface area contributed by atoms with Gasteiger partial charge in [-0.1, -0.05) is 6.07 Å². The number of rotatable bonds is 11. The van der Waals surface area contributed by atoms with Crippen LogP contribution in [0.2, 0.25) is 0 Å². The molecular weight excluding hydrogens is 645 g/mol. The van der Waals surface area contributed by atoms with Crippen LogP contribution >= 0.6 is 24.5 Å². The largest absolute Gasteiger partial charge is 0.494 e. The fraction of sp³-hybridized carbons (Fsp3) is 0.484. The lowest BCUT2D eigenvalue weighted by molar-refractivity contribution is 0.0982. The first-order chi connectivity index (χ1) is 21.3. The molecule has 3 aromatic rings. The molecule has 0 saturated carbocycles. The van der Waals surface area contributed by atoms with E-state index in [4.69, 9.17) is 23.3 Å². The normalized spacial score (nSPS) is 16.8. The Bertz CT molecular complexity index is 1410. The summed E-state index contributed by atoms with van der Waals surface area (Å²) >= 11 is 3.58. The molecule has 0 bridgehead atoms. The molecule has 2 fully saturated rings. The van der Waals surface area contributed by atoms with Crippen LogP contribution in [0.5, 0.6) is 11.5 Å². The molecule has 1 aromatic heterocycles. The molecule has 2 aromatic carbocycles. The molecule has 0 atom stereocenters. The Kier molecular flexibility index (Phi) is 11.2. The molecule has 0 spiro atoms. The van der Waals surface area contributed by atoms with E-state index < -0.39 is 8.60 Å². The number of halogens is 1. The van der Waals surface area contributed by atoms with Crippen LogP contribution in [-0.4, -0.2) is 93.5 Å². The lowest BCUT2D eigenvalue weighted by Gasteiger charge is -2.43. The summed E-state index contributed by atoms with van der Waals surface area (Å²) in [6.07, 6.45) is 4.07. The van der Waals surface area contributed by atoms with E-state index >= 15 is 0 Å². The number of hydrogen-bond acceptors (Lipinski definition) is 11. The molecule has 3 heterocycles. The van der Waals surface area contributed by atoms with Gasteiger partial charge in [-0.15, -0.1) is 0 Å². The zero-order valence-electron chi connectivity index (χ0n) is 26.4. The molecule has 238 valence electrons. The van der Waals surface area contributed by atoms with Gasteiger partial charge in [0.15, 0.2) is 5.75 Å². The molecule has 5 rings (SSSR count). The summed E-state index contributed by atoms with van der Waals surface area (Å²) in [5.74, 6) is 2.35. The zero-order valence-corrected chi connectivity index (χ0v) is 28.9. The maximum Gasteiger partial charge on any atom is 0.396 e. The van der Waals surface area contributed by atoms with Crippen molar-refractivity contribution in [3.8, 4) is 11.5 Å². The van der Waals surface area contributed by atoms with E-state index in [1.807, 2.05) is 25.1 Å². The van der Waals surface area contributed by atoms with Crippen LogP contribution in [0, 0.1) is 13.8 Å². The van der Waals surface area contributed by atoms with Crippen molar-refractivity contribution in [1.82, 2.24) is 19.8 Å². The molecule has 11 nitrogen and oxygen atoms in total. The van der Waals surface area contributed by atoms with Crippen LogP contribution in [0.4, 0.5) is 28.8 Å². The number of methoxy groups -OCH3 is 1. The van der Waals surface area contributed by atoms with Crippen molar-refractivity contribution < 1.29 is 18.3 Å². The van der Waals surface area contributed by atoms with Crippen LogP contribution in [0.3, 0.4) is 0 Å². The fourth-order valence-corrected chi connectivity index (χ4v) is 6.64. The predicted octanol–water partition coefficient (Wildman–Crippen LogP) is 6.47. The molecule has 0 radical (unpaired) electrons. The number of aryl methyl sites for hydroxylation is 2. The standard InChI is InChI=1S/C31H43BrN7O4P/c1-21-7-8-25(29(17-21)43-44(41-5)42-6)34-30-24(32)20-33-31(36-30)35-26-18-22(2)27(19-28(26)40-4)39-11-9-23(10-12-39)38-15-13-37(3)14-16-38/h7-8,17-20,23H,9-16H2,1-6H3,(H2,33,34,35,36). The van der Waals surface area contributed by atoms with E-state index in [1.54, 1.807) is 27.5 Å². The molecule has 2 saturated heterocycles. The maximum atomic E-state index is 5.97. The van der Waals surface area contributed by atoms with Crippen LogP contribution in [-0.2, 0) is 9.05 Å². The first-order valence-electron chi connectivity index (χ1n) is 14.9. The van der Waals surface area contributed by atoms with Gasteiger partial charge in [0.2, 0.25) is 5.95 Å². The van der Waals surface area contributed by atoms with Crippen LogP contribution < -0.4 is 24.8 Å². The van der Waals surface area contributed by atoms with Crippen molar-refractivity contribution in [2.24, 2.45) is 0 Å². The number of piperidine rings is 1. The SMILES string of the molecule is COc1cc(N2CCC(N3CCN(C)CC3)CC2)c(C)cc1Nc1ncc(Br)c(Nc2ccc(C)cc2OP(OC)OC)n1. The van der Waals surface area contributed by atoms with Gasteiger partial charge in [0.1, 0.15) is 11.6 Å². The summed E-state index contributed by atoms with van der Waals surface area (Å²) in [7, 11) is 5.49. The van der Waals surface area contributed by atoms with E-state index in [0.29, 0.717) is 28.0 Å². The van der Waals surface area contributed by atoms with E-state index in [1.165, 1.54) is 37.2 Å². The lowest BCUT2D eigenvalue weighted by Crippen LogP contribution is -2.52. The van der Waals surface area contributed by atoms with E-state index in [9.17, 15) is 0 Å². The van der Waals surface area contributed by atoms with Gasteiger partial charge < -0.3 is 38.7 Å². The molecule has 44 heavy (non-hydrogen) atoms. The number of likely N-dealkylation sites (N-methyl/N-ethyl adjacent to an activating group) is 1. The maximum absolute atomic E-state index is 5.97. The van der Waals surface area contributed by atoms with Crippen LogP contribution in [0.1, 0.15) is 24.0 Å². The molecule has 0 unspecified atom stereocenters. The number of ether oxygens (including phenoxy) is 1. The number of nitrogens with zero attached hydrogens (tertiary/aromatic N) is 5. The van der Waals surface area contributed by atoms with Crippen molar-refractivity contribution in [2.75, 3.05) is 83.2 Å². The minimum absolute atomic E-state index is 0.430. The van der Waals surface area contributed by atoms with Crippen molar-refractivity contribution in [1.29, 1.82) is 0 Å². The average molecular weight is 689 g/mol. The smallest absolute Gasteiger partial charge is 0.396 e. The minimum atomic E-state index is -1.52. The first-order valence-corrected chi connectivity index (χ1v) is 16.8. The van der Waals surface area contributed by atoms with Gasteiger partial charge in [0, 0.05) is 77.5 Å². The summed E-state index contributed by atoms with van der Waals surface area (Å²) < 4.78 is 23.1. The number of piperazine rings is 1. The van der Waals surface area contributed by atoms with Gasteiger partial charge in [-0.2, -0.15) is 4.98 Å². The molecule has 0 amide bonds. The average Bonchev–Trinajstić information content (AvgIpc) is 3.03. The highest BCUT2D eigenvalue weighted by Gasteiger charge is 2.28. The van der Waals surface area contributed by atoms with Crippen LogP contribution in [0.25, 0.3) is 0 Å². The first kappa shape index (κ1) is 32.7. The molecule has 2 aliphatic rings. The quantitative estimate of drug-likeness (QED) is 0.217. The molecule has 2 N–H and O–H groups in total. The summed E-state index contributed by atoms with van der Waals surface area (Å²) in [6, 6.07) is 10.8. The van der Waals surface area contributed by atoms with Gasteiger partial charge >= 0.3 is 8.60 Å². The van der Waals surface area contributed by atoms with Gasteiger partial charge in [0.05, 0.1) is 23.0 Å². The number of hydrogen-bond donors (Lipinski definition) is 2. The van der Waals surface area contributed by atoms with Crippen LogP contribution in [0.15, 0.2) is 41.0 Å². The Balaban J connectivity index is 1.30. The third kappa shape index (κ3) is 7.91. The third-order valence-electron chi connectivity index (χ3n) is 8.23. The van der Waals surface area contributed by atoms with Crippen molar-refractivity contribution in [2.45, 2.75) is 32.7 Å². The second-order valence-electron chi connectivity index (χ2n) is 11.2. The van der Waals surface area contributed by atoms with E-state index in [0.717, 1.165) is 48.9 Å². The van der Waals surface area contributed by atoms with Crippen molar-refractivity contribution in [3.05, 3.63) is 52.1 Å². The molecular formula is C31H43BrN7O4P. The Morgan fingerprint density at radius 1 is 0.886 bits per heavy atom. The molecule has 13 heteroatoms. The second-order valence-corrected chi connectivity index (χ2v) is 13.4. The minimum Gasteiger partial charge on any atom is -0.494 e. The van der Waals surface area contributed by atoms with Gasteiger partial charge in [0.25, 0.3) is 0 Å². The Labute approximate surface area is 270 Å². The number of anilines is 5. The van der Waals surface area contributed by atoms with Gasteiger partial charge in [-0.05, 0) is 79.0 Å². The second kappa shape index (κ2) is 15.0. The van der Waals surface area contributed by atoms with E-state index in [2.05, 4.69) is 72.4 Å². The third-order valence-corrected chi connectivity index (χ3v) is 9.75. The zero-order chi connectivity index (χ0) is 31.2. The molecule has 0 aliphatic carbocycles. The van der Waals surface area contributed by atoms with Gasteiger partial charge in [-0.3, -0.25) is 4.90 Å². The number of benzene rings is 2. The predicted molar refractivity (Wildman–Crippen MR) is 181 cm³/mol. The summed E-state index contributed by atoms with van der Waals surface area (Å²) in [4.78, 5) is 16.9. The summed E-state index contributed by atoms with van der Waals surface area (Å²) in [6.45, 7) is 10.9. The van der Waals surface area contributed by atoms with E-state index in [-0.39, 0.29) is 0 Å². The molecule has 2 aliphatic heterocycles. The fourth-order valence-electron chi connectivity index (χ4n) is 5.74.